The highest BCUT2D eigenvalue weighted by Crippen LogP contribution is 2.15. The van der Waals surface area contributed by atoms with Crippen LogP contribution in [0.1, 0.15) is 19.4 Å². The lowest BCUT2D eigenvalue weighted by Gasteiger charge is -2.19. The molecule has 0 saturated carbocycles. The highest BCUT2D eigenvalue weighted by Gasteiger charge is 2.09. The van der Waals surface area contributed by atoms with Crippen LogP contribution in [0.3, 0.4) is 0 Å². The fourth-order valence-corrected chi connectivity index (χ4v) is 1.49. The molecule has 0 aliphatic heterocycles. The lowest BCUT2D eigenvalue weighted by molar-refractivity contribution is -0.114. The molecule has 0 N–H and O–H groups in total. The van der Waals surface area contributed by atoms with E-state index in [0.717, 1.165) is 5.69 Å². The van der Waals surface area contributed by atoms with E-state index in [1.165, 1.54) is 5.56 Å². The van der Waals surface area contributed by atoms with E-state index in [2.05, 4.69) is 0 Å². The number of aryl methyl sites for hydroxylation is 1. The number of benzene rings is 1. The van der Waals surface area contributed by atoms with E-state index >= 15 is 0 Å². The van der Waals surface area contributed by atoms with Gasteiger partial charge in [-0.15, -0.1) is 0 Å². The number of hydrogen-bond donors (Lipinski definition) is 0. The van der Waals surface area contributed by atoms with Crippen LogP contribution in [0.4, 0.5) is 5.69 Å². The Hall–Kier alpha value is -1.57. The van der Waals surface area contributed by atoms with E-state index in [1.807, 2.05) is 45.0 Å². The predicted molar refractivity (Wildman–Crippen MR) is 64.0 cm³/mol. The van der Waals surface area contributed by atoms with Gasteiger partial charge < -0.3 is 4.90 Å². The zero-order chi connectivity index (χ0) is 11.3. The molecule has 15 heavy (non-hydrogen) atoms. The summed E-state index contributed by atoms with van der Waals surface area (Å²) < 4.78 is 0. The third-order valence-electron chi connectivity index (χ3n) is 2.20. The van der Waals surface area contributed by atoms with Crippen LogP contribution in [0.5, 0.6) is 0 Å². The lowest BCUT2D eigenvalue weighted by Crippen LogP contribution is -2.28. The van der Waals surface area contributed by atoms with E-state index < -0.39 is 0 Å². The van der Waals surface area contributed by atoms with Crippen molar-refractivity contribution < 1.29 is 4.79 Å². The van der Waals surface area contributed by atoms with Gasteiger partial charge in [-0.2, -0.15) is 0 Å². The monoisotopic (exact) mass is 203 g/mol. The van der Waals surface area contributed by atoms with Gasteiger partial charge in [0.25, 0.3) is 5.91 Å². The first-order chi connectivity index (χ1) is 7.19. The third kappa shape index (κ3) is 2.94. The van der Waals surface area contributed by atoms with E-state index in [4.69, 9.17) is 0 Å². The van der Waals surface area contributed by atoms with Gasteiger partial charge in [-0.05, 0) is 44.5 Å². The van der Waals surface area contributed by atoms with Gasteiger partial charge in [0.2, 0.25) is 0 Å². The van der Waals surface area contributed by atoms with E-state index in [0.29, 0.717) is 6.54 Å². The Bertz CT molecular complexity index is 369. The number of nitrogens with zero attached hydrogens (tertiary/aromatic N) is 1. The molecular formula is C13H17NO. The average Bonchev–Trinajstić information content (AvgIpc) is 2.19. The van der Waals surface area contributed by atoms with Crippen LogP contribution < -0.4 is 4.90 Å². The van der Waals surface area contributed by atoms with Crippen molar-refractivity contribution in [2.45, 2.75) is 20.8 Å². The molecule has 0 bridgehead atoms. The van der Waals surface area contributed by atoms with Gasteiger partial charge in [0.1, 0.15) is 0 Å². The fourth-order valence-electron chi connectivity index (χ4n) is 1.49. The Kier molecular flexibility index (Phi) is 4.10. The van der Waals surface area contributed by atoms with Crippen LogP contribution in [-0.2, 0) is 4.79 Å². The molecule has 80 valence electrons. The zero-order valence-corrected chi connectivity index (χ0v) is 9.53. The minimum Gasteiger partial charge on any atom is -0.309 e. The Morgan fingerprint density at radius 3 is 2.73 bits per heavy atom. The van der Waals surface area contributed by atoms with Crippen molar-refractivity contribution in [1.82, 2.24) is 0 Å². The maximum absolute atomic E-state index is 11.7. The summed E-state index contributed by atoms with van der Waals surface area (Å²) in [5, 5.41) is 0. The highest BCUT2D eigenvalue weighted by molar-refractivity contribution is 6.01. The summed E-state index contributed by atoms with van der Waals surface area (Å²) in [5.74, 6) is 0.0330. The molecule has 0 unspecified atom stereocenters. The van der Waals surface area contributed by atoms with Crippen molar-refractivity contribution in [3.05, 3.63) is 42.0 Å². The lowest BCUT2D eigenvalue weighted by atomic mass is 10.2. The predicted octanol–water partition coefficient (Wildman–Crippen LogP) is 2.92. The molecule has 2 heteroatoms. The second-order valence-corrected chi connectivity index (χ2v) is 3.42. The van der Waals surface area contributed by atoms with Crippen LogP contribution in [0.25, 0.3) is 0 Å². The topological polar surface area (TPSA) is 20.3 Å². The van der Waals surface area contributed by atoms with E-state index in [9.17, 15) is 4.79 Å². The van der Waals surface area contributed by atoms with Crippen LogP contribution in [-0.4, -0.2) is 12.5 Å². The van der Waals surface area contributed by atoms with Gasteiger partial charge in [0, 0.05) is 12.2 Å². The van der Waals surface area contributed by atoms with Gasteiger partial charge in [-0.3, -0.25) is 4.79 Å². The number of amides is 1. The quantitative estimate of drug-likeness (QED) is 0.692. The van der Waals surface area contributed by atoms with Gasteiger partial charge in [-0.1, -0.05) is 18.2 Å². The first-order valence-electron chi connectivity index (χ1n) is 5.20. The molecule has 1 aromatic carbocycles. The summed E-state index contributed by atoms with van der Waals surface area (Å²) in [6.45, 7) is 6.54. The Morgan fingerprint density at radius 2 is 2.20 bits per heavy atom. The van der Waals surface area contributed by atoms with E-state index in [-0.39, 0.29) is 5.91 Å². The first-order valence-corrected chi connectivity index (χ1v) is 5.20. The molecule has 0 radical (unpaired) electrons. The maximum atomic E-state index is 11.7. The summed E-state index contributed by atoms with van der Waals surface area (Å²) >= 11 is 0. The minimum atomic E-state index is 0.0330. The maximum Gasteiger partial charge on any atom is 0.250 e. The summed E-state index contributed by atoms with van der Waals surface area (Å²) in [7, 11) is 0. The number of allylic oxidation sites excluding steroid dienone is 1. The van der Waals surface area contributed by atoms with Gasteiger partial charge >= 0.3 is 0 Å². The average molecular weight is 203 g/mol. The summed E-state index contributed by atoms with van der Waals surface area (Å²) in [4.78, 5) is 13.5. The molecule has 1 rings (SSSR count). The van der Waals surface area contributed by atoms with Crippen LogP contribution in [0, 0.1) is 6.92 Å². The van der Waals surface area contributed by atoms with Crippen molar-refractivity contribution >= 4 is 11.6 Å². The highest BCUT2D eigenvalue weighted by atomic mass is 16.2. The van der Waals surface area contributed by atoms with Crippen LogP contribution in [0.2, 0.25) is 0 Å². The molecule has 0 aromatic heterocycles. The molecule has 1 amide bonds. The number of anilines is 1. The molecule has 2 nitrogen and oxygen atoms in total. The zero-order valence-electron chi connectivity index (χ0n) is 9.53. The summed E-state index contributed by atoms with van der Waals surface area (Å²) in [5.41, 5.74) is 2.12. The molecule has 0 fully saturated rings. The number of rotatable bonds is 3. The molecule has 0 saturated heterocycles. The Morgan fingerprint density at radius 1 is 1.47 bits per heavy atom. The van der Waals surface area contributed by atoms with Crippen molar-refractivity contribution in [2.24, 2.45) is 0 Å². The molecule has 1 aromatic rings. The molecule has 0 atom stereocenters. The second kappa shape index (κ2) is 5.35. The van der Waals surface area contributed by atoms with Gasteiger partial charge in [-0.25, -0.2) is 0 Å². The van der Waals surface area contributed by atoms with Crippen molar-refractivity contribution in [1.29, 1.82) is 0 Å². The molecule has 0 heterocycles. The first kappa shape index (κ1) is 11.5. The molecule has 0 aliphatic rings. The normalized spacial score (nSPS) is 10.6. The van der Waals surface area contributed by atoms with Crippen molar-refractivity contribution in [3.63, 3.8) is 0 Å². The third-order valence-corrected chi connectivity index (χ3v) is 2.20. The smallest absolute Gasteiger partial charge is 0.250 e. The fraction of sp³-hybridized carbons (Fsp3) is 0.308. The summed E-state index contributed by atoms with van der Waals surface area (Å²) in [6, 6.07) is 7.97. The van der Waals surface area contributed by atoms with Crippen LogP contribution in [0.15, 0.2) is 36.4 Å². The van der Waals surface area contributed by atoms with E-state index in [1.54, 1.807) is 17.1 Å². The van der Waals surface area contributed by atoms with Crippen molar-refractivity contribution in [2.75, 3.05) is 11.4 Å². The molecule has 0 aliphatic carbocycles. The van der Waals surface area contributed by atoms with Crippen molar-refractivity contribution in [3.8, 4) is 0 Å². The standard InChI is InChI=1S/C13H17NO/c1-4-7-13(15)14(5-2)12-9-6-8-11(3)10-12/h4,6-10H,5H2,1-3H3. The Balaban J connectivity index is 2.97. The Labute approximate surface area is 91.2 Å². The second-order valence-electron chi connectivity index (χ2n) is 3.42. The number of hydrogen-bond acceptors (Lipinski definition) is 1. The number of carbonyl (C=O) groups is 1. The largest absolute Gasteiger partial charge is 0.309 e. The molecular weight excluding hydrogens is 186 g/mol. The molecule has 0 spiro atoms. The SMILES string of the molecule is CC=CC(=O)N(CC)c1cccc(C)c1. The van der Waals surface area contributed by atoms with Gasteiger partial charge in [0.05, 0.1) is 0 Å². The van der Waals surface area contributed by atoms with Gasteiger partial charge in [0.15, 0.2) is 0 Å². The van der Waals surface area contributed by atoms with Crippen LogP contribution >= 0.6 is 0 Å². The minimum absolute atomic E-state index is 0.0330. The number of likely N-dealkylation sites (N-methyl/N-ethyl adjacent to an activating group) is 1. The number of carbonyl (C=O) groups excluding carboxylic acids is 1. The summed E-state index contributed by atoms with van der Waals surface area (Å²) in [6.07, 6.45) is 3.35.